The number of aromatic hydroxyl groups is 2. The molecule has 2 atom stereocenters. The Kier molecular flexibility index (Phi) is 5.82. The lowest BCUT2D eigenvalue weighted by atomic mass is 9.75. The molecular weight excluding hydrogens is 308 g/mol. The Morgan fingerprint density at radius 3 is 1.44 bits per heavy atom. The summed E-state index contributed by atoms with van der Waals surface area (Å²) >= 11 is 0. The molecule has 0 heterocycles. The summed E-state index contributed by atoms with van der Waals surface area (Å²) in [5.41, 5.74) is 4.18. The van der Waals surface area contributed by atoms with Gasteiger partial charge in [-0.2, -0.15) is 0 Å². The molecule has 2 aromatic rings. The van der Waals surface area contributed by atoms with Crippen molar-refractivity contribution in [3.05, 3.63) is 58.7 Å². The smallest absolute Gasteiger partial charge is 0.119 e. The number of phenols is 2. The number of phenolic OH excluding ortho intramolecular Hbond substituents is 2. The highest BCUT2D eigenvalue weighted by molar-refractivity contribution is 5.48. The molecule has 2 N–H and O–H groups in total. The van der Waals surface area contributed by atoms with Crippen molar-refractivity contribution in [1.29, 1.82) is 0 Å². The second-order valence-corrected chi connectivity index (χ2v) is 7.79. The molecule has 0 amide bonds. The molecule has 25 heavy (non-hydrogen) atoms. The normalized spacial score (nSPS) is 14.3. The molecule has 0 aliphatic heterocycles. The van der Waals surface area contributed by atoms with Crippen LogP contribution >= 0.6 is 0 Å². The van der Waals surface area contributed by atoms with Crippen LogP contribution in [-0.2, 0) is 5.41 Å². The van der Waals surface area contributed by atoms with E-state index < -0.39 is 0 Å². The minimum atomic E-state index is -0.203. The van der Waals surface area contributed by atoms with Gasteiger partial charge in [-0.25, -0.2) is 0 Å². The van der Waals surface area contributed by atoms with Gasteiger partial charge < -0.3 is 10.2 Å². The van der Waals surface area contributed by atoms with Gasteiger partial charge in [0, 0.05) is 5.41 Å². The molecule has 0 aliphatic carbocycles. The lowest BCUT2D eigenvalue weighted by molar-refractivity contribution is 0.460. The van der Waals surface area contributed by atoms with E-state index in [-0.39, 0.29) is 5.41 Å². The van der Waals surface area contributed by atoms with Gasteiger partial charge in [0.15, 0.2) is 0 Å². The maximum absolute atomic E-state index is 10.2. The monoisotopic (exact) mass is 340 g/mol. The third-order valence-electron chi connectivity index (χ3n) is 5.79. The Labute approximate surface area is 152 Å². The zero-order valence-corrected chi connectivity index (χ0v) is 16.4. The zero-order chi connectivity index (χ0) is 18.8. The number of hydrogen-bond donors (Lipinski definition) is 2. The van der Waals surface area contributed by atoms with Gasteiger partial charge in [-0.05, 0) is 59.1 Å². The van der Waals surface area contributed by atoms with Crippen LogP contribution in [0.3, 0.4) is 0 Å². The molecule has 2 heteroatoms. The summed E-state index contributed by atoms with van der Waals surface area (Å²) in [7, 11) is 0. The van der Waals surface area contributed by atoms with Gasteiger partial charge >= 0.3 is 0 Å². The molecule has 136 valence electrons. The van der Waals surface area contributed by atoms with E-state index in [1.807, 2.05) is 24.3 Å². The maximum atomic E-state index is 10.2. The molecule has 0 spiro atoms. The summed E-state index contributed by atoms with van der Waals surface area (Å²) in [4.78, 5) is 0. The van der Waals surface area contributed by atoms with Gasteiger partial charge in [-0.15, -0.1) is 0 Å². The van der Waals surface area contributed by atoms with Crippen LogP contribution in [-0.4, -0.2) is 10.2 Å². The van der Waals surface area contributed by atoms with Crippen LogP contribution in [0.5, 0.6) is 11.5 Å². The minimum Gasteiger partial charge on any atom is -0.508 e. The first-order chi connectivity index (χ1) is 11.7. The van der Waals surface area contributed by atoms with Gasteiger partial charge in [0.1, 0.15) is 11.5 Å². The standard InChI is InChI=1S/C23H32O2/c1-7-15(3)19-13-17(9-11-21(19)24)23(5,6)18-10-12-22(25)20(14-18)16(4)8-2/h9-16,24-25H,7-8H2,1-6H3/t15-,16+. The first-order valence-corrected chi connectivity index (χ1v) is 9.39. The zero-order valence-electron chi connectivity index (χ0n) is 16.4. The van der Waals surface area contributed by atoms with Gasteiger partial charge in [-0.3, -0.25) is 0 Å². The average Bonchev–Trinajstić information content (AvgIpc) is 2.60. The van der Waals surface area contributed by atoms with Crippen LogP contribution in [0.15, 0.2) is 36.4 Å². The van der Waals surface area contributed by atoms with Crippen molar-refractivity contribution < 1.29 is 10.2 Å². The van der Waals surface area contributed by atoms with E-state index in [1.165, 1.54) is 11.1 Å². The van der Waals surface area contributed by atoms with Crippen molar-refractivity contribution in [3.63, 3.8) is 0 Å². The third kappa shape index (κ3) is 3.84. The van der Waals surface area contributed by atoms with Crippen LogP contribution in [0.4, 0.5) is 0 Å². The number of hydrogen-bond acceptors (Lipinski definition) is 2. The topological polar surface area (TPSA) is 40.5 Å². The lowest BCUT2D eigenvalue weighted by Crippen LogP contribution is -2.19. The first kappa shape index (κ1) is 19.4. The Hall–Kier alpha value is -1.96. The van der Waals surface area contributed by atoms with Crippen molar-refractivity contribution in [2.45, 2.75) is 71.6 Å². The van der Waals surface area contributed by atoms with E-state index in [1.54, 1.807) is 0 Å². The molecule has 0 radical (unpaired) electrons. The summed E-state index contributed by atoms with van der Waals surface area (Å²) in [6.45, 7) is 13.0. The molecule has 0 bridgehead atoms. The summed E-state index contributed by atoms with van der Waals surface area (Å²) < 4.78 is 0. The second-order valence-electron chi connectivity index (χ2n) is 7.79. The predicted octanol–water partition coefficient (Wildman–Crippen LogP) is 6.45. The minimum absolute atomic E-state index is 0.203. The lowest BCUT2D eigenvalue weighted by Gasteiger charge is -2.29. The van der Waals surface area contributed by atoms with Crippen molar-refractivity contribution in [3.8, 4) is 11.5 Å². The Balaban J connectivity index is 2.52. The van der Waals surface area contributed by atoms with E-state index in [0.29, 0.717) is 23.3 Å². The van der Waals surface area contributed by atoms with Crippen molar-refractivity contribution in [1.82, 2.24) is 0 Å². The maximum Gasteiger partial charge on any atom is 0.119 e. The van der Waals surface area contributed by atoms with E-state index in [0.717, 1.165) is 24.0 Å². The second kappa shape index (κ2) is 7.51. The van der Waals surface area contributed by atoms with Crippen molar-refractivity contribution in [2.24, 2.45) is 0 Å². The average molecular weight is 341 g/mol. The molecule has 0 aliphatic rings. The van der Waals surface area contributed by atoms with Gasteiger partial charge in [0.05, 0.1) is 0 Å². The fraction of sp³-hybridized carbons (Fsp3) is 0.478. The SMILES string of the molecule is CC[C@@H](C)c1cc(C(C)(C)c2ccc(O)c([C@@H](C)CC)c2)ccc1O. The fourth-order valence-corrected chi connectivity index (χ4v) is 3.28. The van der Waals surface area contributed by atoms with E-state index >= 15 is 0 Å². The summed E-state index contributed by atoms with van der Waals surface area (Å²) in [5.74, 6) is 1.40. The first-order valence-electron chi connectivity index (χ1n) is 9.39. The molecule has 0 aromatic heterocycles. The highest BCUT2D eigenvalue weighted by Crippen LogP contribution is 2.39. The van der Waals surface area contributed by atoms with Crippen molar-refractivity contribution >= 4 is 0 Å². The van der Waals surface area contributed by atoms with E-state index in [4.69, 9.17) is 0 Å². The Morgan fingerprint density at radius 1 is 0.760 bits per heavy atom. The summed E-state index contributed by atoms with van der Waals surface area (Å²) in [5, 5.41) is 20.4. The molecule has 0 saturated heterocycles. The van der Waals surface area contributed by atoms with Crippen molar-refractivity contribution in [2.75, 3.05) is 0 Å². The van der Waals surface area contributed by atoms with Crippen LogP contribution in [0.2, 0.25) is 0 Å². The van der Waals surface area contributed by atoms with Crippen LogP contribution in [0.1, 0.15) is 88.5 Å². The number of rotatable bonds is 6. The quantitative estimate of drug-likeness (QED) is 0.634. The highest BCUT2D eigenvalue weighted by atomic mass is 16.3. The molecule has 2 nitrogen and oxygen atoms in total. The summed E-state index contributed by atoms with van der Waals surface area (Å²) in [6.07, 6.45) is 1.99. The van der Waals surface area contributed by atoms with E-state index in [9.17, 15) is 10.2 Å². The summed E-state index contributed by atoms with van der Waals surface area (Å²) in [6, 6.07) is 11.9. The largest absolute Gasteiger partial charge is 0.508 e. The molecule has 2 aromatic carbocycles. The van der Waals surface area contributed by atoms with Crippen LogP contribution in [0.25, 0.3) is 0 Å². The van der Waals surface area contributed by atoms with Crippen LogP contribution < -0.4 is 0 Å². The van der Waals surface area contributed by atoms with E-state index in [2.05, 4.69) is 53.7 Å². The van der Waals surface area contributed by atoms with Crippen LogP contribution in [0, 0.1) is 0 Å². The molecule has 0 fully saturated rings. The van der Waals surface area contributed by atoms with Gasteiger partial charge in [-0.1, -0.05) is 65.8 Å². The number of benzene rings is 2. The highest BCUT2D eigenvalue weighted by Gasteiger charge is 2.26. The third-order valence-corrected chi connectivity index (χ3v) is 5.79. The Bertz CT molecular complexity index is 669. The molecule has 2 rings (SSSR count). The van der Waals surface area contributed by atoms with Gasteiger partial charge in [0.2, 0.25) is 0 Å². The molecular formula is C23H32O2. The molecule has 0 unspecified atom stereocenters. The fourth-order valence-electron chi connectivity index (χ4n) is 3.28. The Morgan fingerprint density at radius 2 is 1.12 bits per heavy atom. The predicted molar refractivity (Wildman–Crippen MR) is 106 cm³/mol. The van der Waals surface area contributed by atoms with Gasteiger partial charge in [0.25, 0.3) is 0 Å². The molecule has 0 saturated carbocycles.